The van der Waals surface area contributed by atoms with E-state index in [1.54, 1.807) is 11.6 Å². The number of likely N-dealkylation sites (N-methyl/N-ethyl adjacent to an activating group) is 2. The third-order valence-corrected chi connectivity index (χ3v) is 5.26. The van der Waals surface area contributed by atoms with Crippen molar-refractivity contribution in [1.29, 1.82) is 0 Å². The van der Waals surface area contributed by atoms with Gasteiger partial charge in [0.05, 0.1) is 11.6 Å². The number of nitrogens with zero attached hydrogens (tertiary/aromatic N) is 3. The van der Waals surface area contributed by atoms with Crippen LogP contribution in [0.4, 0.5) is 0 Å². The standard InChI is InChI=1S/C24H30N4O2.2ClH/c1-26(2)14-13-19-16-28(22-12-8-7-11-20(19)22)23(29)17-27(3)24(30)21(25)15-18-9-5-4-6-10-18;;/h4-12,16,21H,13-15,17,25H2,1-3H3;2*1H/t21-;;/m0../s1. The Balaban J connectivity index is 0.00000256. The van der Waals surface area contributed by atoms with Gasteiger partial charge in [-0.15, -0.1) is 24.8 Å². The lowest BCUT2D eigenvalue weighted by molar-refractivity contribution is -0.130. The van der Waals surface area contributed by atoms with Crippen molar-refractivity contribution in [2.75, 3.05) is 34.2 Å². The first-order chi connectivity index (χ1) is 14.4. The molecule has 0 radical (unpaired) electrons. The summed E-state index contributed by atoms with van der Waals surface area (Å²) >= 11 is 0. The van der Waals surface area contributed by atoms with E-state index in [4.69, 9.17) is 5.73 Å². The molecule has 1 atom stereocenters. The molecule has 0 saturated heterocycles. The van der Waals surface area contributed by atoms with Crippen molar-refractivity contribution in [3.8, 4) is 0 Å². The van der Waals surface area contributed by atoms with E-state index >= 15 is 0 Å². The molecule has 32 heavy (non-hydrogen) atoms. The van der Waals surface area contributed by atoms with Crippen molar-refractivity contribution in [3.63, 3.8) is 0 Å². The number of aromatic nitrogens is 1. The monoisotopic (exact) mass is 478 g/mol. The number of carbonyl (C=O) groups excluding carboxylic acids is 2. The number of carbonyl (C=O) groups is 2. The minimum atomic E-state index is -0.678. The fourth-order valence-electron chi connectivity index (χ4n) is 3.60. The van der Waals surface area contributed by atoms with Crippen LogP contribution in [0.3, 0.4) is 0 Å². The Morgan fingerprint density at radius 1 is 0.969 bits per heavy atom. The zero-order valence-electron chi connectivity index (χ0n) is 18.7. The molecule has 0 saturated carbocycles. The number of fused-ring (bicyclic) bond motifs is 1. The number of hydrogen-bond donors (Lipinski definition) is 1. The summed E-state index contributed by atoms with van der Waals surface area (Å²) < 4.78 is 1.66. The van der Waals surface area contributed by atoms with Gasteiger partial charge in [0.1, 0.15) is 6.54 Å². The van der Waals surface area contributed by atoms with Crippen molar-refractivity contribution >= 4 is 47.5 Å². The molecule has 6 nitrogen and oxygen atoms in total. The number of benzene rings is 2. The number of nitrogens with two attached hydrogens (primary N) is 1. The lowest BCUT2D eigenvalue weighted by Gasteiger charge is -2.21. The summed E-state index contributed by atoms with van der Waals surface area (Å²) in [5.74, 6) is -0.387. The largest absolute Gasteiger partial charge is 0.335 e. The second-order valence-corrected chi connectivity index (χ2v) is 7.98. The van der Waals surface area contributed by atoms with Crippen LogP contribution in [0.25, 0.3) is 10.9 Å². The van der Waals surface area contributed by atoms with Crippen LogP contribution in [0.5, 0.6) is 0 Å². The molecule has 2 N–H and O–H groups in total. The van der Waals surface area contributed by atoms with E-state index in [0.717, 1.165) is 35.0 Å². The van der Waals surface area contributed by atoms with Gasteiger partial charge in [0.25, 0.3) is 5.91 Å². The maximum absolute atomic E-state index is 13.0. The minimum Gasteiger partial charge on any atom is -0.335 e. The zero-order chi connectivity index (χ0) is 21.7. The van der Waals surface area contributed by atoms with Gasteiger partial charge in [-0.05, 0) is 44.1 Å². The van der Waals surface area contributed by atoms with Gasteiger partial charge in [0.2, 0.25) is 5.91 Å². The van der Waals surface area contributed by atoms with E-state index in [2.05, 4.69) is 4.90 Å². The molecule has 0 spiro atoms. The highest BCUT2D eigenvalue weighted by Crippen LogP contribution is 2.22. The van der Waals surface area contributed by atoms with Crippen LogP contribution in [-0.2, 0) is 17.6 Å². The molecule has 1 heterocycles. The molecule has 8 heteroatoms. The second kappa shape index (κ2) is 12.6. The maximum Gasteiger partial charge on any atom is 0.250 e. The van der Waals surface area contributed by atoms with Gasteiger partial charge in [0.15, 0.2) is 0 Å². The predicted octanol–water partition coefficient (Wildman–Crippen LogP) is 3.26. The fraction of sp³-hybridized carbons (Fsp3) is 0.333. The summed E-state index contributed by atoms with van der Waals surface area (Å²) in [5.41, 5.74) is 9.11. The average molecular weight is 479 g/mol. The summed E-state index contributed by atoms with van der Waals surface area (Å²) in [4.78, 5) is 29.3. The van der Waals surface area contributed by atoms with Gasteiger partial charge in [-0.25, -0.2) is 0 Å². The zero-order valence-corrected chi connectivity index (χ0v) is 20.4. The lowest BCUT2D eigenvalue weighted by Crippen LogP contribution is -2.45. The topological polar surface area (TPSA) is 71.6 Å². The maximum atomic E-state index is 13.0. The quantitative estimate of drug-likeness (QED) is 0.539. The van der Waals surface area contributed by atoms with Crippen molar-refractivity contribution in [2.24, 2.45) is 5.73 Å². The van der Waals surface area contributed by atoms with Crippen LogP contribution in [0.15, 0.2) is 60.8 Å². The molecule has 3 rings (SSSR count). The molecular weight excluding hydrogens is 447 g/mol. The Labute approximate surface area is 202 Å². The van der Waals surface area contributed by atoms with E-state index in [0.29, 0.717) is 6.42 Å². The Kier molecular flexibility index (Phi) is 10.9. The van der Waals surface area contributed by atoms with Crippen molar-refractivity contribution < 1.29 is 9.59 Å². The summed E-state index contributed by atoms with van der Waals surface area (Å²) in [7, 11) is 5.69. The minimum absolute atomic E-state index is 0. The van der Waals surface area contributed by atoms with Gasteiger partial charge < -0.3 is 15.5 Å². The van der Waals surface area contributed by atoms with Gasteiger partial charge in [-0.1, -0.05) is 48.5 Å². The molecule has 3 aromatic rings. The molecule has 1 amide bonds. The van der Waals surface area contributed by atoms with E-state index in [1.165, 1.54) is 4.90 Å². The third-order valence-electron chi connectivity index (χ3n) is 5.26. The van der Waals surface area contributed by atoms with E-state index < -0.39 is 6.04 Å². The Morgan fingerprint density at radius 2 is 1.59 bits per heavy atom. The number of para-hydroxylation sites is 1. The van der Waals surface area contributed by atoms with Crippen LogP contribution in [0, 0.1) is 0 Å². The van der Waals surface area contributed by atoms with E-state index in [1.807, 2.05) is 74.9 Å². The molecule has 1 aromatic heterocycles. The van der Waals surface area contributed by atoms with Crippen molar-refractivity contribution in [1.82, 2.24) is 14.4 Å². The molecule has 0 aliphatic heterocycles. The molecule has 0 unspecified atom stereocenters. The number of halogens is 2. The van der Waals surface area contributed by atoms with E-state index in [9.17, 15) is 9.59 Å². The van der Waals surface area contributed by atoms with Crippen molar-refractivity contribution in [2.45, 2.75) is 18.9 Å². The highest BCUT2D eigenvalue weighted by atomic mass is 35.5. The molecule has 0 fully saturated rings. The molecule has 0 aliphatic rings. The molecule has 0 aliphatic carbocycles. The van der Waals surface area contributed by atoms with Gasteiger partial charge in [-0.3, -0.25) is 14.2 Å². The molecule has 0 bridgehead atoms. The summed E-state index contributed by atoms with van der Waals surface area (Å²) in [6.07, 6.45) is 3.20. The van der Waals surface area contributed by atoms with Gasteiger partial charge >= 0.3 is 0 Å². The SMILES string of the molecule is CN(C)CCc1cn(C(=O)CN(C)C(=O)[C@@H](N)Cc2ccccc2)c2ccccc12.Cl.Cl. The number of amides is 1. The Bertz CT molecular complexity index is 1020. The van der Waals surface area contributed by atoms with Gasteiger partial charge in [-0.2, -0.15) is 0 Å². The molecule has 2 aromatic carbocycles. The van der Waals surface area contributed by atoms with E-state index in [-0.39, 0.29) is 43.2 Å². The number of hydrogen-bond acceptors (Lipinski definition) is 4. The summed E-state index contributed by atoms with van der Waals surface area (Å²) in [6, 6.07) is 16.9. The smallest absolute Gasteiger partial charge is 0.250 e. The first-order valence-electron chi connectivity index (χ1n) is 10.2. The summed E-state index contributed by atoms with van der Waals surface area (Å²) in [5, 5.41) is 1.07. The predicted molar refractivity (Wildman–Crippen MR) is 135 cm³/mol. The lowest BCUT2D eigenvalue weighted by atomic mass is 10.1. The van der Waals surface area contributed by atoms with Crippen LogP contribution < -0.4 is 5.73 Å². The second-order valence-electron chi connectivity index (χ2n) is 7.98. The number of rotatable bonds is 8. The summed E-state index contributed by atoms with van der Waals surface area (Å²) in [6.45, 7) is 0.877. The van der Waals surface area contributed by atoms with Crippen LogP contribution in [-0.4, -0.2) is 66.5 Å². The van der Waals surface area contributed by atoms with Gasteiger partial charge in [0, 0.05) is 25.2 Å². The molecular formula is C24H32Cl2N4O2. The van der Waals surface area contributed by atoms with Crippen molar-refractivity contribution in [3.05, 3.63) is 71.9 Å². The fourth-order valence-corrected chi connectivity index (χ4v) is 3.60. The first-order valence-corrected chi connectivity index (χ1v) is 10.2. The van der Waals surface area contributed by atoms with Crippen LogP contribution >= 0.6 is 24.8 Å². The molecule has 174 valence electrons. The van der Waals surface area contributed by atoms with Crippen LogP contribution in [0.1, 0.15) is 15.9 Å². The highest BCUT2D eigenvalue weighted by Gasteiger charge is 2.22. The average Bonchev–Trinajstić information content (AvgIpc) is 3.11. The highest BCUT2D eigenvalue weighted by molar-refractivity contribution is 5.96. The Hall–Kier alpha value is -2.38. The third kappa shape index (κ3) is 6.81. The van der Waals surface area contributed by atoms with Crippen LogP contribution in [0.2, 0.25) is 0 Å². The normalized spacial score (nSPS) is 11.5. The Morgan fingerprint density at radius 3 is 2.25 bits per heavy atom. The first kappa shape index (κ1) is 27.7.